The number of aliphatic hydroxyl groups is 2. The molecule has 3 heterocycles. The van der Waals surface area contributed by atoms with Gasteiger partial charge in [0.15, 0.2) is 11.4 Å². The number of Topliss-reactive ketones (excluding diaryl/α,β-unsaturated/α-hetero) is 1. The van der Waals surface area contributed by atoms with Crippen molar-refractivity contribution in [2.75, 3.05) is 13.2 Å². The van der Waals surface area contributed by atoms with Crippen LogP contribution in [0.15, 0.2) is 48.5 Å². The Morgan fingerprint density at radius 3 is 2.15 bits per heavy atom. The lowest BCUT2D eigenvalue weighted by molar-refractivity contribution is -0.166. The molecule has 3 atom stereocenters. The first-order chi connectivity index (χ1) is 18.8. The van der Waals surface area contributed by atoms with Crippen molar-refractivity contribution >= 4 is 23.5 Å². The van der Waals surface area contributed by atoms with Crippen LogP contribution in [0, 0.1) is 11.8 Å². The lowest BCUT2D eigenvalue weighted by Crippen LogP contribution is -2.66. The van der Waals surface area contributed by atoms with Gasteiger partial charge in [0.25, 0.3) is 5.91 Å². The number of nitrogens with zero attached hydrogens (tertiary/aromatic N) is 1. The maximum Gasteiger partial charge on any atom is 0.264 e. The number of nitrogens with one attached hydrogen (secondary N) is 2. The Morgan fingerprint density at radius 2 is 1.59 bits per heavy atom. The summed E-state index contributed by atoms with van der Waals surface area (Å²) in [5, 5.41) is 27.3. The zero-order valence-corrected chi connectivity index (χ0v) is 21.6. The van der Waals surface area contributed by atoms with E-state index in [1.807, 2.05) is 24.3 Å². The lowest BCUT2D eigenvalue weighted by atomic mass is 9.73. The van der Waals surface area contributed by atoms with Gasteiger partial charge in [-0.3, -0.25) is 19.2 Å². The summed E-state index contributed by atoms with van der Waals surface area (Å²) in [5.41, 5.74) is 0.631. The zero-order chi connectivity index (χ0) is 27.3. The van der Waals surface area contributed by atoms with Crippen LogP contribution in [0.1, 0.15) is 49.7 Å². The van der Waals surface area contributed by atoms with E-state index in [0.717, 1.165) is 36.8 Å². The average molecular weight is 532 g/mol. The highest BCUT2D eigenvalue weighted by Crippen LogP contribution is 2.50. The summed E-state index contributed by atoms with van der Waals surface area (Å²) in [5.74, 6) is -2.30. The summed E-state index contributed by atoms with van der Waals surface area (Å²) >= 11 is 0. The Morgan fingerprint density at radius 1 is 0.974 bits per heavy atom. The number of benzene rings is 2. The fraction of sp³-hybridized carbons (Fsp3) is 0.467. The number of ketones is 1. The molecule has 2 aliphatic carbocycles. The molecule has 1 saturated carbocycles. The quantitative estimate of drug-likeness (QED) is 0.425. The second-order valence-corrected chi connectivity index (χ2v) is 11.2. The SMILES string of the molecule is O=C1NCC[C@@H]1C[C@@H](NC(=O)[C@H]1C2CCC(CC2)N1C(=O)C1(O)c2ccccc2-c2ccccc21)C(=O)CO. The van der Waals surface area contributed by atoms with Gasteiger partial charge < -0.3 is 25.7 Å². The van der Waals surface area contributed by atoms with Crippen LogP contribution in [-0.2, 0) is 24.8 Å². The predicted molar refractivity (Wildman–Crippen MR) is 141 cm³/mol. The van der Waals surface area contributed by atoms with E-state index in [1.165, 1.54) is 0 Å². The first-order valence-corrected chi connectivity index (χ1v) is 13.8. The molecule has 2 bridgehead atoms. The van der Waals surface area contributed by atoms with Crippen LogP contribution in [0.4, 0.5) is 0 Å². The number of hydrogen-bond donors (Lipinski definition) is 4. The minimum Gasteiger partial charge on any atom is -0.389 e. The van der Waals surface area contributed by atoms with Crippen molar-refractivity contribution in [2.45, 2.75) is 62.3 Å². The molecule has 9 heteroatoms. The van der Waals surface area contributed by atoms with E-state index in [1.54, 1.807) is 29.2 Å². The van der Waals surface area contributed by atoms with E-state index in [2.05, 4.69) is 10.6 Å². The molecule has 0 aromatic heterocycles. The molecule has 4 N–H and O–H groups in total. The van der Waals surface area contributed by atoms with Gasteiger partial charge in [-0.2, -0.15) is 0 Å². The lowest BCUT2D eigenvalue weighted by Gasteiger charge is -2.52. The van der Waals surface area contributed by atoms with E-state index in [9.17, 15) is 29.4 Å². The highest BCUT2D eigenvalue weighted by atomic mass is 16.3. The second-order valence-electron chi connectivity index (χ2n) is 11.2. The summed E-state index contributed by atoms with van der Waals surface area (Å²) in [6, 6.07) is 12.5. The Kier molecular flexibility index (Phi) is 6.51. The van der Waals surface area contributed by atoms with Crippen molar-refractivity contribution in [3.05, 3.63) is 59.7 Å². The van der Waals surface area contributed by atoms with E-state index in [-0.39, 0.29) is 24.3 Å². The molecule has 4 fully saturated rings. The van der Waals surface area contributed by atoms with Gasteiger partial charge in [-0.25, -0.2) is 0 Å². The first kappa shape index (κ1) is 25.7. The molecule has 7 rings (SSSR count). The summed E-state index contributed by atoms with van der Waals surface area (Å²) in [7, 11) is 0. The van der Waals surface area contributed by atoms with Crippen LogP contribution in [0.25, 0.3) is 11.1 Å². The molecular formula is C30H33N3O6. The van der Waals surface area contributed by atoms with Gasteiger partial charge in [0.2, 0.25) is 11.8 Å². The normalized spacial score (nSPS) is 26.9. The molecule has 3 amide bonds. The maximum atomic E-state index is 14.5. The summed E-state index contributed by atoms with van der Waals surface area (Å²) in [6.07, 6.45) is 3.65. The molecule has 5 aliphatic rings. The summed E-state index contributed by atoms with van der Waals surface area (Å²) < 4.78 is 0. The number of aliphatic hydroxyl groups excluding tert-OH is 1. The van der Waals surface area contributed by atoms with E-state index >= 15 is 0 Å². The Balaban J connectivity index is 1.33. The number of hydrogen-bond acceptors (Lipinski definition) is 6. The fourth-order valence-electron chi connectivity index (χ4n) is 7.20. The van der Waals surface area contributed by atoms with Crippen LogP contribution in [0.2, 0.25) is 0 Å². The number of fused-ring (bicyclic) bond motifs is 6. The minimum absolute atomic E-state index is 0.0937. The monoisotopic (exact) mass is 531 g/mol. The molecule has 3 aliphatic heterocycles. The predicted octanol–water partition coefficient (Wildman–Crippen LogP) is 1.24. The van der Waals surface area contributed by atoms with Crippen LogP contribution in [-0.4, -0.2) is 69.9 Å². The molecule has 0 unspecified atom stereocenters. The fourth-order valence-corrected chi connectivity index (χ4v) is 7.20. The van der Waals surface area contributed by atoms with Gasteiger partial charge in [-0.05, 0) is 55.6 Å². The average Bonchev–Trinajstić information content (AvgIpc) is 3.50. The van der Waals surface area contributed by atoms with Gasteiger partial charge in [0, 0.05) is 29.6 Å². The number of amides is 3. The summed E-state index contributed by atoms with van der Waals surface area (Å²) in [6.45, 7) is -0.250. The Labute approximate surface area is 226 Å². The highest BCUT2D eigenvalue weighted by molar-refractivity contribution is 6.01. The number of carbonyl (C=O) groups is 4. The zero-order valence-electron chi connectivity index (χ0n) is 21.6. The number of rotatable bonds is 7. The summed E-state index contributed by atoms with van der Waals surface area (Å²) in [4.78, 5) is 54.7. The minimum atomic E-state index is -1.94. The Hall–Kier alpha value is -3.56. The smallest absolute Gasteiger partial charge is 0.264 e. The third-order valence-corrected chi connectivity index (χ3v) is 9.16. The van der Waals surface area contributed by atoms with Crippen LogP contribution in [0.3, 0.4) is 0 Å². The number of carbonyl (C=O) groups excluding carboxylic acids is 4. The largest absolute Gasteiger partial charge is 0.389 e. The van der Waals surface area contributed by atoms with Gasteiger partial charge in [-0.1, -0.05) is 48.5 Å². The standard InChI is InChI=1S/C30H33N3O6/c34-16-25(35)24(15-18-13-14-31-27(18)36)32-28(37)26-17-9-11-19(12-10-17)33(26)29(38)30(39)22-7-3-1-5-20(22)21-6-2-4-8-23(21)30/h1-8,17-19,24,26,34,39H,9-16H2,(H,31,36)(H,32,37)/t17?,18-,19?,24-,26-/m1/s1. The topological polar surface area (TPSA) is 136 Å². The van der Waals surface area contributed by atoms with Crippen molar-refractivity contribution < 1.29 is 29.4 Å². The molecule has 3 saturated heterocycles. The van der Waals surface area contributed by atoms with Gasteiger partial charge >= 0.3 is 0 Å². The molecular weight excluding hydrogens is 498 g/mol. The molecule has 2 aromatic rings. The maximum absolute atomic E-state index is 14.5. The van der Waals surface area contributed by atoms with Crippen LogP contribution < -0.4 is 10.6 Å². The first-order valence-electron chi connectivity index (χ1n) is 13.8. The second kappa shape index (κ2) is 9.88. The van der Waals surface area contributed by atoms with Crippen LogP contribution in [0.5, 0.6) is 0 Å². The highest BCUT2D eigenvalue weighted by Gasteiger charge is 2.56. The van der Waals surface area contributed by atoms with Crippen molar-refractivity contribution in [3.8, 4) is 11.1 Å². The molecule has 0 spiro atoms. The number of piperidine rings is 2. The van der Waals surface area contributed by atoms with E-state index in [4.69, 9.17) is 0 Å². The third kappa shape index (κ3) is 4.06. The van der Waals surface area contributed by atoms with Gasteiger partial charge in [-0.15, -0.1) is 0 Å². The molecule has 2 aromatic carbocycles. The van der Waals surface area contributed by atoms with Crippen molar-refractivity contribution in [1.82, 2.24) is 15.5 Å². The van der Waals surface area contributed by atoms with Crippen LogP contribution >= 0.6 is 0 Å². The molecule has 0 radical (unpaired) electrons. The molecule has 9 nitrogen and oxygen atoms in total. The van der Waals surface area contributed by atoms with E-state index < -0.39 is 47.8 Å². The van der Waals surface area contributed by atoms with Gasteiger partial charge in [0.1, 0.15) is 12.6 Å². The molecule has 39 heavy (non-hydrogen) atoms. The van der Waals surface area contributed by atoms with Gasteiger partial charge in [0.05, 0.1) is 6.04 Å². The van der Waals surface area contributed by atoms with Crippen molar-refractivity contribution in [1.29, 1.82) is 0 Å². The van der Waals surface area contributed by atoms with E-state index in [0.29, 0.717) is 24.1 Å². The Bertz CT molecular complexity index is 1290. The molecule has 204 valence electrons. The van der Waals surface area contributed by atoms with Crippen molar-refractivity contribution in [3.63, 3.8) is 0 Å². The third-order valence-electron chi connectivity index (χ3n) is 9.16. The van der Waals surface area contributed by atoms with Crippen molar-refractivity contribution in [2.24, 2.45) is 11.8 Å².